The highest BCUT2D eigenvalue weighted by Crippen LogP contribution is 2.08. The number of hydrogen-bond acceptors (Lipinski definition) is 3. The molecule has 0 fully saturated rings. The third kappa shape index (κ3) is 5.90. The molecule has 0 spiro atoms. The largest absolute Gasteiger partial charge is 0.481 e. The molecule has 88 valence electrons. The monoisotopic (exact) mass is 218 g/mol. The van der Waals surface area contributed by atoms with Gasteiger partial charge in [0.15, 0.2) is 0 Å². The first-order valence-electron chi connectivity index (χ1n) is 4.64. The molecular weight excluding hydrogens is 200 g/mol. The zero-order chi connectivity index (χ0) is 12.1. The maximum absolute atomic E-state index is 11.4. The minimum absolute atomic E-state index is 0.122. The third-order valence-electron chi connectivity index (χ3n) is 1.82. The van der Waals surface area contributed by atoms with Gasteiger partial charge >= 0.3 is 12.0 Å². The fraction of sp³-hybridized carbons (Fsp3) is 0.778. The summed E-state index contributed by atoms with van der Waals surface area (Å²) in [4.78, 5) is 23.2. The summed E-state index contributed by atoms with van der Waals surface area (Å²) in [5, 5.41) is 19.8. The first-order valence-corrected chi connectivity index (χ1v) is 4.64. The summed E-state index contributed by atoms with van der Waals surface area (Å²) >= 11 is 0. The summed E-state index contributed by atoms with van der Waals surface area (Å²) in [7, 11) is 1.53. The molecule has 0 unspecified atom stereocenters. The lowest BCUT2D eigenvalue weighted by Crippen LogP contribution is -2.50. The number of nitrogens with zero attached hydrogens (tertiary/aromatic N) is 1. The Hall–Kier alpha value is -1.30. The Kier molecular flexibility index (Phi) is 5.07. The molecule has 0 aromatic rings. The zero-order valence-corrected chi connectivity index (χ0v) is 9.28. The number of carboxylic acids is 1. The number of likely N-dealkylation sites (N-methyl/N-ethyl adjacent to an activating group) is 1. The molecule has 0 bridgehead atoms. The second kappa shape index (κ2) is 5.55. The highest BCUT2D eigenvalue weighted by molar-refractivity contribution is 5.76. The molecule has 0 aromatic heterocycles. The van der Waals surface area contributed by atoms with Gasteiger partial charge in [-0.2, -0.15) is 0 Å². The molecule has 2 amide bonds. The number of aliphatic carboxylic acids is 1. The van der Waals surface area contributed by atoms with Gasteiger partial charge in [-0.05, 0) is 13.8 Å². The lowest BCUT2D eigenvalue weighted by molar-refractivity contribution is -0.138. The van der Waals surface area contributed by atoms with Crippen LogP contribution in [0.5, 0.6) is 0 Å². The SMILES string of the molecule is CN(CCO)C(=O)NC(C)(C)CC(=O)O. The molecule has 0 rings (SSSR count). The molecule has 0 aliphatic carbocycles. The summed E-state index contributed by atoms with van der Waals surface area (Å²) in [6, 6.07) is -0.393. The number of amides is 2. The van der Waals surface area contributed by atoms with Gasteiger partial charge in [-0.3, -0.25) is 4.79 Å². The lowest BCUT2D eigenvalue weighted by atomic mass is 10.0. The molecule has 0 saturated heterocycles. The van der Waals surface area contributed by atoms with Crippen LogP contribution in [-0.4, -0.2) is 52.9 Å². The molecule has 6 nitrogen and oxygen atoms in total. The molecule has 0 aromatic carbocycles. The van der Waals surface area contributed by atoms with Gasteiger partial charge in [-0.1, -0.05) is 0 Å². The van der Waals surface area contributed by atoms with Crippen LogP contribution in [0.25, 0.3) is 0 Å². The van der Waals surface area contributed by atoms with Gasteiger partial charge < -0.3 is 20.4 Å². The van der Waals surface area contributed by atoms with E-state index in [0.29, 0.717) is 0 Å². The Bertz CT molecular complexity index is 240. The summed E-state index contributed by atoms with van der Waals surface area (Å²) in [6.45, 7) is 3.36. The van der Waals surface area contributed by atoms with E-state index in [-0.39, 0.29) is 19.6 Å². The van der Waals surface area contributed by atoms with E-state index in [1.54, 1.807) is 13.8 Å². The van der Waals surface area contributed by atoms with Crippen LogP contribution in [0.4, 0.5) is 4.79 Å². The molecule has 0 radical (unpaired) electrons. The normalized spacial score (nSPS) is 10.9. The van der Waals surface area contributed by atoms with E-state index in [9.17, 15) is 9.59 Å². The number of rotatable bonds is 5. The Labute approximate surface area is 88.9 Å². The van der Waals surface area contributed by atoms with Crippen LogP contribution in [0.3, 0.4) is 0 Å². The van der Waals surface area contributed by atoms with E-state index in [1.165, 1.54) is 11.9 Å². The van der Waals surface area contributed by atoms with Crippen LogP contribution < -0.4 is 5.32 Å². The smallest absolute Gasteiger partial charge is 0.317 e. The van der Waals surface area contributed by atoms with E-state index in [2.05, 4.69) is 5.32 Å². The number of nitrogens with one attached hydrogen (secondary N) is 1. The van der Waals surface area contributed by atoms with Crippen LogP contribution in [0, 0.1) is 0 Å². The van der Waals surface area contributed by atoms with Crippen molar-refractivity contribution in [3.63, 3.8) is 0 Å². The molecule has 0 atom stereocenters. The second-order valence-corrected chi connectivity index (χ2v) is 4.03. The van der Waals surface area contributed by atoms with Gasteiger partial charge in [0.05, 0.1) is 13.0 Å². The Morgan fingerprint density at radius 3 is 2.33 bits per heavy atom. The van der Waals surface area contributed by atoms with E-state index < -0.39 is 17.5 Å². The number of aliphatic hydroxyl groups is 1. The Balaban J connectivity index is 4.20. The summed E-state index contributed by atoms with van der Waals surface area (Å²) in [5.41, 5.74) is -0.799. The van der Waals surface area contributed by atoms with Crippen LogP contribution in [0.2, 0.25) is 0 Å². The Morgan fingerprint density at radius 2 is 1.93 bits per heavy atom. The van der Waals surface area contributed by atoms with Crippen LogP contribution in [0.15, 0.2) is 0 Å². The van der Waals surface area contributed by atoms with Crippen molar-refractivity contribution in [1.29, 1.82) is 0 Å². The maximum Gasteiger partial charge on any atom is 0.317 e. The van der Waals surface area contributed by atoms with Gasteiger partial charge in [0.1, 0.15) is 0 Å². The molecule has 15 heavy (non-hydrogen) atoms. The van der Waals surface area contributed by atoms with E-state index in [0.717, 1.165) is 0 Å². The molecule has 0 aliphatic heterocycles. The van der Waals surface area contributed by atoms with Crippen molar-refractivity contribution < 1.29 is 19.8 Å². The van der Waals surface area contributed by atoms with E-state index in [4.69, 9.17) is 10.2 Å². The topological polar surface area (TPSA) is 89.9 Å². The van der Waals surface area contributed by atoms with Gasteiger partial charge in [0.2, 0.25) is 0 Å². The van der Waals surface area contributed by atoms with Crippen molar-refractivity contribution in [3.8, 4) is 0 Å². The summed E-state index contributed by atoms with van der Waals surface area (Å²) in [6.07, 6.45) is -0.147. The van der Waals surface area contributed by atoms with Gasteiger partial charge in [-0.15, -0.1) is 0 Å². The number of hydrogen-bond donors (Lipinski definition) is 3. The van der Waals surface area contributed by atoms with Crippen molar-refractivity contribution in [3.05, 3.63) is 0 Å². The summed E-state index contributed by atoms with van der Waals surface area (Å²) in [5.74, 6) is -0.967. The fourth-order valence-corrected chi connectivity index (χ4v) is 1.06. The number of carboxylic acid groups (broad SMARTS) is 1. The molecule has 6 heteroatoms. The highest BCUT2D eigenvalue weighted by Gasteiger charge is 2.24. The number of carbonyl (C=O) groups is 2. The minimum Gasteiger partial charge on any atom is -0.481 e. The number of carbonyl (C=O) groups excluding carboxylic acids is 1. The molecular formula is C9H18N2O4. The number of urea groups is 1. The van der Waals surface area contributed by atoms with E-state index >= 15 is 0 Å². The van der Waals surface area contributed by atoms with Gasteiger partial charge in [-0.25, -0.2) is 4.79 Å². The third-order valence-corrected chi connectivity index (χ3v) is 1.82. The van der Waals surface area contributed by atoms with Gasteiger partial charge in [0.25, 0.3) is 0 Å². The van der Waals surface area contributed by atoms with Crippen LogP contribution >= 0.6 is 0 Å². The van der Waals surface area contributed by atoms with E-state index in [1.807, 2.05) is 0 Å². The first kappa shape index (κ1) is 13.7. The predicted octanol–water partition coefficient (Wildman–Crippen LogP) is -0.127. The molecule has 0 saturated carbocycles. The fourth-order valence-electron chi connectivity index (χ4n) is 1.06. The second-order valence-electron chi connectivity index (χ2n) is 4.03. The summed E-state index contributed by atoms with van der Waals surface area (Å²) < 4.78 is 0. The maximum atomic E-state index is 11.4. The van der Waals surface area contributed by atoms with Crippen LogP contribution in [-0.2, 0) is 4.79 Å². The number of aliphatic hydroxyl groups excluding tert-OH is 1. The van der Waals surface area contributed by atoms with Crippen molar-refractivity contribution in [2.24, 2.45) is 0 Å². The molecule has 0 aliphatic rings. The minimum atomic E-state index is -0.967. The van der Waals surface area contributed by atoms with Crippen LogP contribution in [0.1, 0.15) is 20.3 Å². The molecule has 0 heterocycles. The van der Waals surface area contributed by atoms with Gasteiger partial charge in [0, 0.05) is 19.1 Å². The van der Waals surface area contributed by atoms with Crippen molar-refractivity contribution in [2.45, 2.75) is 25.8 Å². The Morgan fingerprint density at radius 1 is 1.40 bits per heavy atom. The average molecular weight is 218 g/mol. The average Bonchev–Trinajstić information content (AvgIpc) is 2.00. The molecule has 3 N–H and O–H groups in total. The lowest BCUT2D eigenvalue weighted by Gasteiger charge is -2.27. The highest BCUT2D eigenvalue weighted by atomic mass is 16.4. The van der Waals surface area contributed by atoms with Crippen molar-refractivity contribution >= 4 is 12.0 Å². The first-order chi connectivity index (χ1) is 6.78. The quantitative estimate of drug-likeness (QED) is 0.599. The predicted molar refractivity (Wildman–Crippen MR) is 54.6 cm³/mol. The van der Waals surface area contributed by atoms with Crippen molar-refractivity contribution in [2.75, 3.05) is 20.2 Å². The standard InChI is InChI=1S/C9H18N2O4/c1-9(2,6-7(13)14)10-8(15)11(3)4-5-12/h12H,4-6H2,1-3H3,(H,10,15)(H,13,14). The van der Waals surface area contributed by atoms with Crippen molar-refractivity contribution in [1.82, 2.24) is 10.2 Å². The zero-order valence-electron chi connectivity index (χ0n) is 9.28.